The van der Waals surface area contributed by atoms with E-state index in [4.69, 9.17) is 0 Å². The number of rotatable bonds is 2. The van der Waals surface area contributed by atoms with Gasteiger partial charge in [0, 0.05) is 5.41 Å². The summed E-state index contributed by atoms with van der Waals surface area (Å²) in [7, 11) is -1.44. The number of benzene rings is 3. The second-order valence-electron chi connectivity index (χ2n) is 6.93. The van der Waals surface area contributed by atoms with Gasteiger partial charge >= 0.3 is 7.12 Å². The van der Waals surface area contributed by atoms with Crippen molar-refractivity contribution in [3.63, 3.8) is 0 Å². The zero-order chi connectivity index (χ0) is 16.9. The molecule has 0 amide bonds. The molecule has 0 aliphatic heterocycles. The van der Waals surface area contributed by atoms with Crippen LogP contribution < -0.4 is 5.46 Å². The minimum Gasteiger partial charge on any atom is -0.423 e. The van der Waals surface area contributed by atoms with Gasteiger partial charge in [-0.2, -0.15) is 0 Å². The van der Waals surface area contributed by atoms with Gasteiger partial charge in [0.2, 0.25) is 0 Å². The van der Waals surface area contributed by atoms with Crippen molar-refractivity contribution >= 4 is 12.6 Å². The Morgan fingerprint density at radius 1 is 0.708 bits per heavy atom. The maximum atomic E-state index is 9.41. The van der Waals surface area contributed by atoms with Crippen LogP contribution in [0.25, 0.3) is 22.3 Å². The number of hydrogen-bond donors (Lipinski definition) is 2. The molecule has 1 aliphatic carbocycles. The van der Waals surface area contributed by atoms with Crippen molar-refractivity contribution < 1.29 is 10.0 Å². The van der Waals surface area contributed by atoms with Crippen LogP contribution in [0.4, 0.5) is 0 Å². The van der Waals surface area contributed by atoms with Gasteiger partial charge in [-0.25, -0.2) is 0 Å². The van der Waals surface area contributed by atoms with E-state index in [1.165, 1.54) is 22.3 Å². The molecular formula is C21H19BO2. The first-order valence-corrected chi connectivity index (χ1v) is 8.19. The number of hydrogen-bond acceptors (Lipinski definition) is 2. The Hall–Kier alpha value is -2.36. The summed E-state index contributed by atoms with van der Waals surface area (Å²) in [6.07, 6.45) is 0. The molecule has 0 spiro atoms. The molecule has 2 N–H and O–H groups in total. The quantitative estimate of drug-likeness (QED) is 0.712. The van der Waals surface area contributed by atoms with Crippen LogP contribution in [0, 0.1) is 0 Å². The molecule has 3 heteroatoms. The Kier molecular flexibility index (Phi) is 3.38. The topological polar surface area (TPSA) is 40.5 Å². The molecule has 0 saturated carbocycles. The van der Waals surface area contributed by atoms with Gasteiger partial charge in [-0.1, -0.05) is 74.5 Å². The van der Waals surface area contributed by atoms with E-state index >= 15 is 0 Å². The first-order valence-electron chi connectivity index (χ1n) is 8.19. The van der Waals surface area contributed by atoms with Gasteiger partial charge in [-0.05, 0) is 44.9 Å². The van der Waals surface area contributed by atoms with Crippen molar-refractivity contribution in [2.75, 3.05) is 0 Å². The van der Waals surface area contributed by atoms with Crippen LogP contribution in [-0.2, 0) is 5.41 Å². The van der Waals surface area contributed by atoms with Gasteiger partial charge < -0.3 is 10.0 Å². The Morgan fingerprint density at radius 2 is 1.42 bits per heavy atom. The molecule has 3 aromatic carbocycles. The van der Waals surface area contributed by atoms with Crippen molar-refractivity contribution in [2.24, 2.45) is 0 Å². The van der Waals surface area contributed by atoms with Gasteiger partial charge in [0.05, 0.1) is 0 Å². The zero-order valence-electron chi connectivity index (χ0n) is 13.8. The molecule has 0 radical (unpaired) electrons. The highest BCUT2D eigenvalue weighted by Crippen LogP contribution is 2.49. The lowest BCUT2D eigenvalue weighted by atomic mass is 9.78. The smallest absolute Gasteiger partial charge is 0.423 e. The summed E-state index contributed by atoms with van der Waals surface area (Å²) >= 11 is 0. The third kappa shape index (κ3) is 2.21. The largest absolute Gasteiger partial charge is 0.488 e. The van der Waals surface area contributed by atoms with E-state index in [0.717, 1.165) is 11.1 Å². The van der Waals surface area contributed by atoms with E-state index in [2.05, 4.69) is 56.3 Å². The van der Waals surface area contributed by atoms with Crippen molar-refractivity contribution in [2.45, 2.75) is 19.3 Å². The van der Waals surface area contributed by atoms with Gasteiger partial charge in [0.15, 0.2) is 0 Å². The molecule has 0 heterocycles. The Balaban J connectivity index is 1.87. The summed E-state index contributed by atoms with van der Waals surface area (Å²) in [5.74, 6) is 0. The highest BCUT2D eigenvalue weighted by Gasteiger charge is 2.35. The second kappa shape index (κ2) is 5.33. The predicted molar refractivity (Wildman–Crippen MR) is 99.3 cm³/mol. The van der Waals surface area contributed by atoms with Crippen LogP contribution in [0.2, 0.25) is 0 Å². The monoisotopic (exact) mass is 314 g/mol. The summed E-state index contributed by atoms with van der Waals surface area (Å²) < 4.78 is 0. The van der Waals surface area contributed by atoms with Gasteiger partial charge in [0.25, 0.3) is 0 Å². The lowest BCUT2D eigenvalue weighted by Crippen LogP contribution is -2.29. The third-order valence-corrected chi connectivity index (χ3v) is 5.10. The maximum Gasteiger partial charge on any atom is 0.488 e. The first-order chi connectivity index (χ1) is 11.5. The van der Waals surface area contributed by atoms with Crippen LogP contribution >= 0.6 is 0 Å². The zero-order valence-corrected chi connectivity index (χ0v) is 13.8. The molecule has 0 bridgehead atoms. The summed E-state index contributed by atoms with van der Waals surface area (Å²) in [5, 5.41) is 18.8. The molecule has 0 aromatic heterocycles. The van der Waals surface area contributed by atoms with Crippen molar-refractivity contribution in [1.29, 1.82) is 0 Å². The normalized spacial score (nSPS) is 14.2. The van der Waals surface area contributed by atoms with Crippen LogP contribution in [0.3, 0.4) is 0 Å². The predicted octanol–water partition coefficient (Wildman–Crippen LogP) is 3.34. The van der Waals surface area contributed by atoms with E-state index in [-0.39, 0.29) is 5.41 Å². The summed E-state index contributed by atoms with van der Waals surface area (Å²) in [4.78, 5) is 0. The molecule has 118 valence electrons. The molecule has 4 rings (SSSR count). The highest BCUT2D eigenvalue weighted by atomic mass is 16.4. The fraction of sp³-hybridized carbons (Fsp3) is 0.143. The maximum absolute atomic E-state index is 9.41. The Bertz CT molecular complexity index is 929. The summed E-state index contributed by atoms with van der Waals surface area (Å²) in [5.41, 5.74) is 7.84. The van der Waals surface area contributed by atoms with Crippen molar-refractivity contribution in [3.8, 4) is 22.3 Å². The molecule has 3 aromatic rings. The van der Waals surface area contributed by atoms with Crippen LogP contribution in [0.15, 0.2) is 66.7 Å². The fourth-order valence-electron chi connectivity index (χ4n) is 3.76. The van der Waals surface area contributed by atoms with E-state index in [1.54, 1.807) is 6.07 Å². The molecule has 1 aliphatic rings. The van der Waals surface area contributed by atoms with E-state index < -0.39 is 7.12 Å². The van der Waals surface area contributed by atoms with Gasteiger partial charge in [0.1, 0.15) is 0 Å². The molecule has 2 nitrogen and oxygen atoms in total. The summed E-state index contributed by atoms with van der Waals surface area (Å²) in [6.45, 7) is 4.52. The van der Waals surface area contributed by atoms with Gasteiger partial charge in [-0.3, -0.25) is 0 Å². The highest BCUT2D eigenvalue weighted by molar-refractivity contribution is 6.58. The standard InChI is InChI=1S/C21H19BO2/c1-21(2)19-9-4-3-8-17(19)18-11-10-15(13-20(18)21)14-6-5-7-16(12-14)22(23)24/h3-13,23-24H,1-2H3. The van der Waals surface area contributed by atoms with Crippen LogP contribution in [0.5, 0.6) is 0 Å². The fourth-order valence-corrected chi connectivity index (χ4v) is 3.76. The van der Waals surface area contributed by atoms with Crippen LogP contribution in [-0.4, -0.2) is 17.2 Å². The molecular weight excluding hydrogens is 295 g/mol. The Labute approximate surface area is 142 Å². The lowest BCUT2D eigenvalue weighted by molar-refractivity contribution is 0.426. The molecule has 0 saturated heterocycles. The van der Waals surface area contributed by atoms with Gasteiger partial charge in [-0.15, -0.1) is 0 Å². The number of fused-ring (bicyclic) bond motifs is 3. The molecule has 0 unspecified atom stereocenters. The van der Waals surface area contributed by atoms with E-state index in [9.17, 15) is 10.0 Å². The summed E-state index contributed by atoms with van der Waals surface area (Å²) in [6, 6.07) is 22.5. The first kappa shape index (κ1) is 15.2. The molecule has 24 heavy (non-hydrogen) atoms. The average Bonchev–Trinajstić information content (AvgIpc) is 2.83. The van der Waals surface area contributed by atoms with Crippen LogP contribution in [0.1, 0.15) is 25.0 Å². The minimum absolute atomic E-state index is 0.0317. The third-order valence-electron chi connectivity index (χ3n) is 5.10. The Morgan fingerprint density at radius 3 is 2.21 bits per heavy atom. The minimum atomic E-state index is -1.44. The average molecular weight is 314 g/mol. The molecule has 0 fully saturated rings. The van der Waals surface area contributed by atoms with Crippen molar-refractivity contribution in [3.05, 3.63) is 77.9 Å². The lowest BCUT2D eigenvalue weighted by Gasteiger charge is -2.22. The van der Waals surface area contributed by atoms with Crippen molar-refractivity contribution in [1.82, 2.24) is 0 Å². The SMILES string of the molecule is CC1(C)c2ccccc2-c2ccc(-c3cccc(B(O)O)c3)cc21. The van der Waals surface area contributed by atoms with E-state index in [0.29, 0.717) is 5.46 Å². The second-order valence-corrected chi connectivity index (χ2v) is 6.93. The molecule has 0 atom stereocenters. The van der Waals surface area contributed by atoms with E-state index in [1.807, 2.05) is 18.2 Å².